The van der Waals surface area contributed by atoms with Crippen LogP contribution in [0.15, 0.2) is 0 Å². The summed E-state index contributed by atoms with van der Waals surface area (Å²) < 4.78 is 0. The third-order valence-electron chi connectivity index (χ3n) is 2.04. The first kappa shape index (κ1) is 7.47. The molecule has 4 heteroatoms. The van der Waals surface area contributed by atoms with E-state index in [1.54, 1.807) is 0 Å². The molecule has 0 aliphatic heterocycles. The van der Waals surface area contributed by atoms with Gasteiger partial charge in [0.15, 0.2) is 0 Å². The topological polar surface area (TPSA) is 69.2 Å². The number of nitro groups is 1. The van der Waals surface area contributed by atoms with Crippen LogP contribution in [0.1, 0.15) is 25.7 Å². The Morgan fingerprint density at radius 2 is 2.00 bits per heavy atom. The molecule has 4 nitrogen and oxygen atoms in total. The molecule has 0 atom stereocenters. The predicted molar refractivity (Wildman–Crippen MR) is 37.2 cm³/mol. The van der Waals surface area contributed by atoms with Crippen LogP contribution in [0.25, 0.3) is 0 Å². The molecule has 0 radical (unpaired) electrons. The molecule has 0 saturated heterocycles. The van der Waals surface area contributed by atoms with Gasteiger partial charge in [-0.25, -0.2) is 0 Å². The van der Waals surface area contributed by atoms with Gasteiger partial charge in [0.1, 0.15) is 0 Å². The monoisotopic (exact) mass is 144 g/mol. The summed E-state index contributed by atoms with van der Waals surface area (Å²) in [5.41, 5.74) is 5.24. The highest BCUT2D eigenvalue weighted by Crippen LogP contribution is 2.26. The first-order chi connectivity index (χ1) is 4.62. The molecule has 0 unspecified atom stereocenters. The maximum absolute atomic E-state index is 10.1. The van der Waals surface area contributed by atoms with Crippen molar-refractivity contribution in [3.8, 4) is 0 Å². The van der Waals surface area contributed by atoms with Crippen molar-refractivity contribution in [2.75, 3.05) is 6.54 Å². The second kappa shape index (κ2) is 2.54. The van der Waals surface area contributed by atoms with Gasteiger partial charge in [0.25, 0.3) is 0 Å². The van der Waals surface area contributed by atoms with Gasteiger partial charge in [-0.2, -0.15) is 0 Å². The molecule has 0 aromatic heterocycles. The van der Waals surface area contributed by atoms with Crippen molar-refractivity contribution in [3.63, 3.8) is 0 Å². The van der Waals surface area contributed by atoms with Gasteiger partial charge in [-0.3, -0.25) is 10.1 Å². The molecule has 1 aliphatic rings. The highest BCUT2D eigenvalue weighted by atomic mass is 16.6. The standard InChI is InChI=1S/C6H12N2O2/c7-6(5-8(9)10)3-1-2-4-6/h1-5,7H2. The van der Waals surface area contributed by atoms with E-state index in [-0.39, 0.29) is 11.5 Å². The van der Waals surface area contributed by atoms with Crippen molar-refractivity contribution < 1.29 is 4.92 Å². The van der Waals surface area contributed by atoms with Crippen molar-refractivity contribution in [3.05, 3.63) is 10.1 Å². The number of nitrogens with two attached hydrogens (primary N) is 1. The maximum atomic E-state index is 10.1. The van der Waals surface area contributed by atoms with Gasteiger partial charge in [-0.1, -0.05) is 12.8 Å². The fourth-order valence-corrected chi connectivity index (χ4v) is 1.49. The summed E-state index contributed by atoms with van der Waals surface area (Å²) in [7, 11) is 0. The Bertz CT molecular complexity index is 141. The van der Waals surface area contributed by atoms with Gasteiger partial charge in [0.05, 0.1) is 5.54 Å². The van der Waals surface area contributed by atoms with Crippen LogP contribution in [0.4, 0.5) is 0 Å². The Morgan fingerprint density at radius 3 is 2.40 bits per heavy atom. The molecule has 1 saturated carbocycles. The zero-order valence-corrected chi connectivity index (χ0v) is 5.88. The van der Waals surface area contributed by atoms with Crippen LogP contribution in [-0.4, -0.2) is 17.0 Å². The van der Waals surface area contributed by atoms with E-state index in [1.165, 1.54) is 0 Å². The zero-order chi connectivity index (χ0) is 7.61. The quantitative estimate of drug-likeness (QED) is 0.454. The Balaban J connectivity index is 2.43. The number of rotatable bonds is 2. The van der Waals surface area contributed by atoms with Crippen LogP contribution in [0, 0.1) is 10.1 Å². The van der Waals surface area contributed by atoms with Gasteiger partial charge in [-0.05, 0) is 12.8 Å². The van der Waals surface area contributed by atoms with E-state index in [4.69, 9.17) is 5.73 Å². The molecular formula is C6H12N2O2. The van der Waals surface area contributed by atoms with Crippen LogP contribution in [0.2, 0.25) is 0 Å². The predicted octanol–water partition coefficient (Wildman–Crippen LogP) is 0.535. The molecule has 2 N–H and O–H groups in total. The SMILES string of the molecule is NC1(C[N+](=O)[O-])CCCC1. The molecule has 1 rings (SSSR count). The largest absolute Gasteiger partial charge is 0.320 e. The lowest BCUT2D eigenvalue weighted by Crippen LogP contribution is -2.43. The van der Waals surface area contributed by atoms with Crippen LogP contribution in [0.3, 0.4) is 0 Å². The van der Waals surface area contributed by atoms with E-state index in [2.05, 4.69) is 0 Å². The van der Waals surface area contributed by atoms with Crippen molar-refractivity contribution in [1.82, 2.24) is 0 Å². The second-order valence-corrected chi connectivity index (χ2v) is 3.06. The number of nitrogens with zero attached hydrogens (tertiary/aromatic N) is 1. The van der Waals surface area contributed by atoms with E-state index < -0.39 is 5.54 Å². The Morgan fingerprint density at radius 1 is 1.50 bits per heavy atom. The summed E-state index contributed by atoms with van der Waals surface area (Å²) >= 11 is 0. The summed E-state index contributed by atoms with van der Waals surface area (Å²) in [6, 6.07) is 0. The summed E-state index contributed by atoms with van der Waals surface area (Å²) in [6.45, 7) is -0.0625. The van der Waals surface area contributed by atoms with Gasteiger partial charge in [-0.15, -0.1) is 0 Å². The molecule has 0 aromatic carbocycles. The van der Waals surface area contributed by atoms with Crippen molar-refractivity contribution >= 4 is 0 Å². The third kappa shape index (κ3) is 1.67. The highest BCUT2D eigenvalue weighted by Gasteiger charge is 2.34. The van der Waals surface area contributed by atoms with Crippen molar-refractivity contribution in [2.24, 2.45) is 5.73 Å². The molecule has 10 heavy (non-hydrogen) atoms. The Kier molecular flexibility index (Phi) is 1.89. The van der Waals surface area contributed by atoms with Gasteiger partial charge in [0.2, 0.25) is 6.54 Å². The number of hydrogen-bond acceptors (Lipinski definition) is 3. The summed E-state index contributed by atoms with van der Waals surface area (Å²) in [5.74, 6) is 0. The minimum atomic E-state index is -0.483. The molecule has 0 heterocycles. The molecule has 0 spiro atoms. The minimum absolute atomic E-state index is 0.0625. The van der Waals surface area contributed by atoms with E-state index in [1.807, 2.05) is 0 Å². The summed E-state index contributed by atoms with van der Waals surface area (Å²) in [5, 5.41) is 10.1. The van der Waals surface area contributed by atoms with Gasteiger partial charge >= 0.3 is 0 Å². The third-order valence-corrected chi connectivity index (χ3v) is 2.04. The highest BCUT2D eigenvalue weighted by molar-refractivity contribution is 4.88. The molecule has 0 bridgehead atoms. The average Bonchev–Trinajstić information content (AvgIpc) is 2.12. The maximum Gasteiger partial charge on any atom is 0.221 e. The summed E-state index contributed by atoms with van der Waals surface area (Å²) in [4.78, 5) is 9.77. The van der Waals surface area contributed by atoms with E-state index >= 15 is 0 Å². The van der Waals surface area contributed by atoms with Crippen molar-refractivity contribution in [2.45, 2.75) is 31.2 Å². The Hall–Kier alpha value is -0.640. The number of hydrogen-bond donors (Lipinski definition) is 1. The smallest absolute Gasteiger partial charge is 0.221 e. The summed E-state index contributed by atoms with van der Waals surface area (Å²) in [6.07, 6.45) is 3.72. The Labute approximate surface area is 59.6 Å². The average molecular weight is 144 g/mol. The zero-order valence-electron chi connectivity index (χ0n) is 5.88. The van der Waals surface area contributed by atoms with Crippen LogP contribution >= 0.6 is 0 Å². The van der Waals surface area contributed by atoms with Crippen LogP contribution in [0.5, 0.6) is 0 Å². The first-order valence-corrected chi connectivity index (χ1v) is 3.53. The van der Waals surface area contributed by atoms with E-state index in [9.17, 15) is 10.1 Å². The second-order valence-electron chi connectivity index (χ2n) is 3.06. The van der Waals surface area contributed by atoms with Crippen molar-refractivity contribution in [1.29, 1.82) is 0 Å². The normalized spacial score (nSPS) is 22.9. The lowest BCUT2D eigenvalue weighted by molar-refractivity contribution is -0.489. The molecule has 0 amide bonds. The fraction of sp³-hybridized carbons (Fsp3) is 1.00. The van der Waals surface area contributed by atoms with Crippen LogP contribution < -0.4 is 5.73 Å². The molecule has 1 fully saturated rings. The lowest BCUT2D eigenvalue weighted by Gasteiger charge is -2.16. The molecule has 58 valence electrons. The van der Waals surface area contributed by atoms with E-state index in [0.29, 0.717) is 0 Å². The van der Waals surface area contributed by atoms with E-state index in [0.717, 1.165) is 25.7 Å². The minimum Gasteiger partial charge on any atom is -0.320 e. The molecule has 1 aliphatic carbocycles. The van der Waals surface area contributed by atoms with Crippen LogP contribution in [-0.2, 0) is 0 Å². The molecular weight excluding hydrogens is 132 g/mol. The van der Waals surface area contributed by atoms with Gasteiger partial charge < -0.3 is 5.73 Å². The lowest BCUT2D eigenvalue weighted by atomic mass is 10.00. The molecule has 0 aromatic rings. The fourth-order valence-electron chi connectivity index (χ4n) is 1.49. The van der Waals surface area contributed by atoms with Gasteiger partial charge in [0, 0.05) is 4.92 Å². The first-order valence-electron chi connectivity index (χ1n) is 3.53.